The summed E-state index contributed by atoms with van der Waals surface area (Å²) in [6, 6.07) is 38.8. The van der Waals surface area contributed by atoms with Crippen LogP contribution in [0.4, 0.5) is 5.69 Å². The second kappa shape index (κ2) is 8.82. The zero-order chi connectivity index (χ0) is 28.8. The van der Waals surface area contributed by atoms with Gasteiger partial charge < -0.3 is 8.98 Å². The molecule has 0 atom stereocenters. The maximum Gasteiger partial charge on any atom is 0.205 e. The smallest absolute Gasteiger partial charge is 0.205 e. The highest BCUT2D eigenvalue weighted by Gasteiger charge is 2.19. The van der Waals surface area contributed by atoms with Gasteiger partial charge in [0.1, 0.15) is 11.2 Å². The van der Waals surface area contributed by atoms with Crippen molar-refractivity contribution in [2.75, 3.05) is 0 Å². The summed E-state index contributed by atoms with van der Waals surface area (Å²) in [4.78, 5) is 4.02. The van der Waals surface area contributed by atoms with Crippen molar-refractivity contribution in [3.63, 3.8) is 0 Å². The molecule has 0 aliphatic heterocycles. The lowest BCUT2D eigenvalue weighted by Crippen LogP contribution is -1.94. The quantitative estimate of drug-likeness (QED) is 0.190. The SMILES string of the molecule is [C-]#[N+]c1cc(-c2ccc3c(c2)oc2ccccc23)cc2c1sc1c(-n3c4ccc(C)cc4c4cc(C)ccc43)cccc12. The number of para-hydroxylation sites is 1. The molecule has 43 heavy (non-hydrogen) atoms. The Morgan fingerprint density at radius 1 is 0.581 bits per heavy atom. The van der Waals surface area contributed by atoms with Crippen LogP contribution < -0.4 is 0 Å². The summed E-state index contributed by atoms with van der Waals surface area (Å²) < 4.78 is 10.8. The van der Waals surface area contributed by atoms with Gasteiger partial charge >= 0.3 is 0 Å². The fourth-order valence-corrected chi connectivity index (χ4v) is 7.95. The molecule has 0 saturated carbocycles. The highest BCUT2D eigenvalue weighted by molar-refractivity contribution is 7.26. The van der Waals surface area contributed by atoms with E-state index >= 15 is 0 Å². The summed E-state index contributed by atoms with van der Waals surface area (Å²) in [7, 11) is 0. The van der Waals surface area contributed by atoms with Crippen molar-refractivity contribution in [3.05, 3.63) is 132 Å². The summed E-state index contributed by atoms with van der Waals surface area (Å²) in [5, 5.41) is 7.04. The number of thiophene rings is 1. The number of rotatable bonds is 2. The van der Waals surface area contributed by atoms with Crippen LogP contribution in [-0.4, -0.2) is 4.57 Å². The average molecular weight is 569 g/mol. The van der Waals surface area contributed by atoms with Crippen molar-refractivity contribution >= 4 is 80.9 Å². The highest BCUT2D eigenvalue weighted by atomic mass is 32.1. The predicted molar refractivity (Wildman–Crippen MR) is 182 cm³/mol. The molecule has 0 saturated heterocycles. The second-order valence-corrected chi connectivity index (χ2v) is 12.4. The summed E-state index contributed by atoms with van der Waals surface area (Å²) in [6.07, 6.45) is 0. The number of aromatic nitrogens is 1. The third kappa shape index (κ3) is 3.46. The Labute approximate surface area is 251 Å². The summed E-state index contributed by atoms with van der Waals surface area (Å²) in [6.45, 7) is 12.4. The molecule has 3 heterocycles. The first-order valence-corrected chi connectivity index (χ1v) is 15.2. The first-order chi connectivity index (χ1) is 21.1. The fourth-order valence-electron chi connectivity index (χ4n) is 6.71. The van der Waals surface area contributed by atoms with E-state index in [1.165, 1.54) is 43.0 Å². The molecule has 0 amide bonds. The number of hydrogen-bond donors (Lipinski definition) is 0. The highest BCUT2D eigenvalue weighted by Crippen LogP contribution is 2.46. The molecule has 6 aromatic carbocycles. The third-order valence-corrected chi connectivity index (χ3v) is 9.97. The Kier molecular flexibility index (Phi) is 4.97. The number of aryl methyl sites for hydroxylation is 2. The van der Waals surface area contributed by atoms with Gasteiger partial charge in [0.2, 0.25) is 5.69 Å². The van der Waals surface area contributed by atoms with Gasteiger partial charge in [0.25, 0.3) is 0 Å². The second-order valence-electron chi connectivity index (χ2n) is 11.4. The molecular weight excluding hydrogens is 545 g/mol. The van der Waals surface area contributed by atoms with E-state index in [0.29, 0.717) is 5.69 Å². The zero-order valence-corrected chi connectivity index (χ0v) is 24.4. The number of furan rings is 1. The van der Waals surface area contributed by atoms with Crippen LogP contribution in [0, 0.1) is 20.4 Å². The van der Waals surface area contributed by atoms with Crippen molar-refractivity contribution in [1.82, 2.24) is 4.57 Å². The van der Waals surface area contributed by atoms with Gasteiger partial charge in [-0.1, -0.05) is 59.7 Å². The summed E-state index contributed by atoms with van der Waals surface area (Å²) >= 11 is 1.72. The fraction of sp³-hybridized carbons (Fsp3) is 0.0513. The minimum atomic E-state index is 0.679. The van der Waals surface area contributed by atoms with Gasteiger partial charge in [-0.05, 0) is 91.0 Å². The molecule has 0 aliphatic rings. The van der Waals surface area contributed by atoms with E-state index in [1.807, 2.05) is 24.3 Å². The normalized spacial score (nSPS) is 11.9. The van der Waals surface area contributed by atoms with Crippen molar-refractivity contribution in [2.45, 2.75) is 13.8 Å². The van der Waals surface area contributed by atoms with Crippen molar-refractivity contribution in [1.29, 1.82) is 0 Å². The molecule has 0 unspecified atom stereocenters. The Morgan fingerprint density at radius 3 is 2.07 bits per heavy atom. The predicted octanol–water partition coefficient (Wildman–Crippen LogP) is 11.9. The Morgan fingerprint density at radius 2 is 1.30 bits per heavy atom. The molecule has 4 heteroatoms. The van der Waals surface area contributed by atoms with Crippen LogP contribution in [-0.2, 0) is 0 Å². The van der Waals surface area contributed by atoms with Crippen LogP contribution in [0.25, 0.3) is 85.6 Å². The van der Waals surface area contributed by atoms with Crippen LogP contribution in [0.5, 0.6) is 0 Å². The molecular formula is C39H24N2OS. The lowest BCUT2D eigenvalue weighted by molar-refractivity contribution is 0.669. The molecule has 0 spiro atoms. The summed E-state index contributed by atoms with van der Waals surface area (Å²) in [5.74, 6) is 0. The first-order valence-electron chi connectivity index (χ1n) is 14.4. The van der Waals surface area contributed by atoms with Gasteiger partial charge in [-0.15, -0.1) is 11.3 Å². The zero-order valence-electron chi connectivity index (χ0n) is 23.6. The molecule has 3 aromatic heterocycles. The molecule has 202 valence electrons. The molecule has 3 nitrogen and oxygen atoms in total. The maximum absolute atomic E-state index is 8.12. The lowest BCUT2D eigenvalue weighted by Gasteiger charge is -2.09. The van der Waals surface area contributed by atoms with Crippen LogP contribution in [0.3, 0.4) is 0 Å². The van der Waals surface area contributed by atoms with Crippen LogP contribution in [0.15, 0.2) is 114 Å². The monoisotopic (exact) mass is 568 g/mol. The van der Waals surface area contributed by atoms with Crippen molar-refractivity contribution in [3.8, 4) is 16.8 Å². The Bertz CT molecular complexity index is 2600. The minimum absolute atomic E-state index is 0.679. The number of fused-ring (bicyclic) bond motifs is 9. The Hall–Kier alpha value is -5.37. The molecule has 0 bridgehead atoms. The van der Waals surface area contributed by atoms with E-state index in [0.717, 1.165) is 48.8 Å². The van der Waals surface area contributed by atoms with Gasteiger partial charge in [0, 0.05) is 31.6 Å². The number of nitrogens with zero attached hydrogens (tertiary/aromatic N) is 2. The number of hydrogen-bond acceptors (Lipinski definition) is 2. The maximum atomic E-state index is 8.12. The number of benzene rings is 6. The van der Waals surface area contributed by atoms with E-state index in [1.54, 1.807) is 11.3 Å². The van der Waals surface area contributed by atoms with E-state index in [4.69, 9.17) is 11.0 Å². The van der Waals surface area contributed by atoms with Gasteiger partial charge in [-0.25, -0.2) is 4.85 Å². The van der Waals surface area contributed by atoms with E-state index in [-0.39, 0.29) is 0 Å². The van der Waals surface area contributed by atoms with Gasteiger partial charge in [-0.3, -0.25) is 0 Å². The van der Waals surface area contributed by atoms with E-state index in [2.05, 4.69) is 108 Å². The standard InChI is InChI=1S/C39H24N2OS/c1-22-11-15-33-29(17-22)30-18-23(2)12-16-34(30)41(33)35-9-6-8-28-31-19-25(20-32(40-3)38(31)43-39(28)35)24-13-14-27-26-7-4-5-10-36(26)42-37(27)21-24/h4-21H,1-2H3. The van der Waals surface area contributed by atoms with Gasteiger partial charge in [0.15, 0.2) is 0 Å². The molecule has 0 fully saturated rings. The van der Waals surface area contributed by atoms with Crippen molar-refractivity contribution < 1.29 is 4.42 Å². The lowest BCUT2D eigenvalue weighted by atomic mass is 10.00. The van der Waals surface area contributed by atoms with E-state index < -0.39 is 0 Å². The topological polar surface area (TPSA) is 22.4 Å². The van der Waals surface area contributed by atoms with Crippen LogP contribution in [0.1, 0.15) is 11.1 Å². The molecule has 0 N–H and O–H groups in total. The van der Waals surface area contributed by atoms with E-state index in [9.17, 15) is 0 Å². The Balaban J connectivity index is 1.31. The molecule has 9 rings (SSSR count). The summed E-state index contributed by atoms with van der Waals surface area (Å²) in [5.41, 5.74) is 10.5. The molecule has 0 aliphatic carbocycles. The van der Waals surface area contributed by atoms with Crippen LogP contribution >= 0.6 is 11.3 Å². The average Bonchev–Trinajstić information content (AvgIpc) is 3.69. The van der Waals surface area contributed by atoms with Crippen LogP contribution in [0.2, 0.25) is 0 Å². The third-order valence-electron chi connectivity index (χ3n) is 8.71. The van der Waals surface area contributed by atoms with Gasteiger partial charge in [0.05, 0.1) is 28.0 Å². The minimum Gasteiger partial charge on any atom is -0.456 e. The van der Waals surface area contributed by atoms with Gasteiger partial charge in [-0.2, -0.15) is 0 Å². The van der Waals surface area contributed by atoms with Crippen molar-refractivity contribution in [2.24, 2.45) is 0 Å². The molecule has 9 aromatic rings. The largest absolute Gasteiger partial charge is 0.456 e. The first kappa shape index (κ1) is 24.2. The molecule has 0 radical (unpaired) electrons.